The monoisotopic (exact) mass is 191 g/mol. The van der Waals surface area contributed by atoms with E-state index < -0.39 is 0 Å². The van der Waals surface area contributed by atoms with Gasteiger partial charge >= 0.3 is 0 Å². The van der Waals surface area contributed by atoms with Crippen molar-refractivity contribution in [2.75, 3.05) is 0 Å². The fourth-order valence-electron chi connectivity index (χ4n) is 3.00. The largest absolute Gasteiger partial charge is 0.311 e. The van der Waals surface area contributed by atoms with E-state index >= 15 is 0 Å². The average Bonchev–Trinajstić information content (AvgIpc) is 2.83. The van der Waals surface area contributed by atoms with E-state index in [1.165, 1.54) is 30.5 Å². The summed E-state index contributed by atoms with van der Waals surface area (Å²) in [6.45, 7) is 2.13. The van der Waals surface area contributed by atoms with Gasteiger partial charge < -0.3 is 5.32 Å². The summed E-state index contributed by atoms with van der Waals surface area (Å²) >= 11 is 0. The van der Waals surface area contributed by atoms with E-state index in [1.54, 1.807) is 0 Å². The highest BCUT2D eigenvalue weighted by Gasteiger charge is 2.38. The van der Waals surface area contributed by atoms with Gasteiger partial charge in [-0.3, -0.25) is 5.10 Å². The summed E-state index contributed by atoms with van der Waals surface area (Å²) in [4.78, 5) is 0. The molecular weight excluding hydrogens is 174 g/mol. The molecule has 1 aliphatic carbocycles. The summed E-state index contributed by atoms with van der Waals surface area (Å²) in [5, 5.41) is 10.9. The number of aromatic nitrogens is 2. The number of hydrogen-bond donors (Lipinski definition) is 2. The quantitative estimate of drug-likeness (QED) is 0.742. The second-order valence-electron chi connectivity index (χ2n) is 4.78. The maximum atomic E-state index is 4.07. The first kappa shape index (κ1) is 8.48. The van der Waals surface area contributed by atoms with Gasteiger partial charge in [-0.05, 0) is 37.7 Å². The highest BCUT2D eigenvalue weighted by molar-refractivity contribution is 5.16. The van der Waals surface area contributed by atoms with Crippen molar-refractivity contribution in [1.82, 2.24) is 15.5 Å². The molecule has 1 aliphatic heterocycles. The first-order valence-corrected chi connectivity index (χ1v) is 5.58. The van der Waals surface area contributed by atoms with Crippen molar-refractivity contribution >= 4 is 0 Å². The predicted octanol–water partition coefficient (Wildman–Crippen LogP) is 1.40. The Morgan fingerprint density at radius 2 is 2.43 bits per heavy atom. The van der Waals surface area contributed by atoms with Gasteiger partial charge in [0, 0.05) is 24.2 Å². The Hall–Kier alpha value is -0.830. The molecule has 0 spiro atoms. The Labute approximate surface area is 84.3 Å². The molecule has 2 heterocycles. The maximum absolute atomic E-state index is 4.07. The van der Waals surface area contributed by atoms with E-state index in [-0.39, 0.29) is 0 Å². The van der Waals surface area contributed by atoms with Crippen LogP contribution >= 0.6 is 0 Å². The number of fused-ring (bicyclic) bond motifs is 2. The van der Waals surface area contributed by atoms with Crippen LogP contribution in [0.15, 0.2) is 6.20 Å². The third-order valence-corrected chi connectivity index (χ3v) is 3.85. The van der Waals surface area contributed by atoms with Crippen LogP contribution in [0.1, 0.15) is 30.5 Å². The van der Waals surface area contributed by atoms with Crippen LogP contribution in [-0.2, 0) is 6.42 Å². The zero-order valence-corrected chi connectivity index (χ0v) is 8.59. The molecule has 1 aromatic rings. The molecule has 2 bridgehead atoms. The summed E-state index contributed by atoms with van der Waals surface area (Å²) in [7, 11) is 0. The van der Waals surface area contributed by atoms with Crippen molar-refractivity contribution in [1.29, 1.82) is 0 Å². The Bertz CT molecular complexity index is 331. The molecule has 76 valence electrons. The molecule has 3 atom stereocenters. The number of hydrogen-bond acceptors (Lipinski definition) is 2. The third kappa shape index (κ3) is 1.27. The van der Waals surface area contributed by atoms with Gasteiger partial charge in [0.1, 0.15) is 0 Å². The molecule has 1 saturated carbocycles. The molecule has 2 fully saturated rings. The molecule has 3 heteroatoms. The van der Waals surface area contributed by atoms with Crippen LogP contribution in [0.4, 0.5) is 0 Å². The number of aromatic amines is 1. The number of nitrogens with zero attached hydrogens (tertiary/aromatic N) is 1. The zero-order chi connectivity index (χ0) is 9.54. The minimum absolute atomic E-state index is 0.702. The van der Waals surface area contributed by atoms with Gasteiger partial charge in [-0.1, -0.05) is 0 Å². The minimum Gasteiger partial charge on any atom is -0.311 e. The molecule has 1 saturated heterocycles. The summed E-state index contributed by atoms with van der Waals surface area (Å²) in [5.41, 5.74) is 2.62. The lowest BCUT2D eigenvalue weighted by molar-refractivity contribution is 0.377. The van der Waals surface area contributed by atoms with Gasteiger partial charge in [-0.25, -0.2) is 0 Å². The van der Waals surface area contributed by atoms with Crippen molar-refractivity contribution in [3.63, 3.8) is 0 Å². The molecular formula is C11H17N3. The van der Waals surface area contributed by atoms with Crippen LogP contribution < -0.4 is 5.32 Å². The van der Waals surface area contributed by atoms with E-state index in [9.17, 15) is 0 Å². The second-order valence-corrected chi connectivity index (χ2v) is 4.78. The van der Waals surface area contributed by atoms with Crippen molar-refractivity contribution in [2.24, 2.45) is 5.92 Å². The summed E-state index contributed by atoms with van der Waals surface area (Å²) in [6, 6.07) is 1.51. The van der Waals surface area contributed by atoms with Crippen LogP contribution in [0.5, 0.6) is 0 Å². The first-order chi connectivity index (χ1) is 6.83. The van der Waals surface area contributed by atoms with E-state index in [0.717, 1.165) is 18.4 Å². The van der Waals surface area contributed by atoms with Gasteiger partial charge in [0.15, 0.2) is 0 Å². The molecule has 0 radical (unpaired) electrons. The van der Waals surface area contributed by atoms with Crippen molar-refractivity contribution in [3.05, 3.63) is 17.5 Å². The number of aryl methyl sites for hydroxylation is 1. The van der Waals surface area contributed by atoms with E-state index in [1.807, 2.05) is 6.20 Å². The molecule has 3 nitrogen and oxygen atoms in total. The van der Waals surface area contributed by atoms with E-state index in [0.29, 0.717) is 6.04 Å². The smallest absolute Gasteiger partial charge is 0.0519 e. The number of rotatable bonds is 2. The van der Waals surface area contributed by atoms with Crippen molar-refractivity contribution in [3.8, 4) is 0 Å². The van der Waals surface area contributed by atoms with Crippen LogP contribution in [-0.4, -0.2) is 22.3 Å². The van der Waals surface area contributed by atoms with Crippen molar-refractivity contribution < 1.29 is 0 Å². The Balaban J connectivity index is 1.71. The lowest BCUT2D eigenvalue weighted by atomic mass is 9.95. The Kier molecular flexibility index (Phi) is 1.87. The maximum Gasteiger partial charge on any atom is 0.0519 e. The third-order valence-electron chi connectivity index (χ3n) is 3.85. The molecule has 3 rings (SSSR count). The molecule has 14 heavy (non-hydrogen) atoms. The molecule has 1 aromatic heterocycles. The van der Waals surface area contributed by atoms with Gasteiger partial charge in [-0.2, -0.15) is 5.10 Å². The zero-order valence-electron chi connectivity index (χ0n) is 8.59. The molecule has 3 unspecified atom stereocenters. The molecule has 2 aliphatic rings. The Morgan fingerprint density at radius 1 is 1.50 bits per heavy atom. The topological polar surface area (TPSA) is 40.7 Å². The minimum atomic E-state index is 0.702. The highest BCUT2D eigenvalue weighted by atomic mass is 15.1. The first-order valence-electron chi connectivity index (χ1n) is 5.58. The summed E-state index contributed by atoms with van der Waals surface area (Å²) < 4.78 is 0. The van der Waals surface area contributed by atoms with Gasteiger partial charge in [-0.15, -0.1) is 0 Å². The normalized spacial score (nSPS) is 35.4. The summed E-state index contributed by atoms with van der Waals surface area (Å²) in [5.74, 6) is 0.919. The number of H-pyrrole nitrogens is 1. The fourth-order valence-corrected chi connectivity index (χ4v) is 3.00. The Morgan fingerprint density at radius 3 is 3.00 bits per heavy atom. The highest BCUT2D eigenvalue weighted by Crippen LogP contribution is 2.36. The van der Waals surface area contributed by atoms with E-state index in [4.69, 9.17) is 0 Å². The van der Waals surface area contributed by atoms with Crippen molar-refractivity contribution in [2.45, 2.75) is 44.7 Å². The lowest BCUT2D eigenvalue weighted by Crippen LogP contribution is -2.37. The van der Waals surface area contributed by atoms with Gasteiger partial charge in [0.25, 0.3) is 0 Å². The summed E-state index contributed by atoms with van der Waals surface area (Å²) in [6.07, 6.45) is 7.27. The van der Waals surface area contributed by atoms with Crippen LogP contribution in [0.25, 0.3) is 0 Å². The predicted molar refractivity (Wildman–Crippen MR) is 55.1 cm³/mol. The lowest BCUT2D eigenvalue weighted by Gasteiger charge is -2.22. The van der Waals surface area contributed by atoms with Crippen LogP contribution in [0, 0.1) is 12.8 Å². The fraction of sp³-hybridized carbons (Fsp3) is 0.727. The van der Waals surface area contributed by atoms with Gasteiger partial charge in [0.05, 0.1) is 6.20 Å². The molecule has 2 N–H and O–H groups in total. The standard InChI is InChI=1S/C11H17N3/c1-7-6-12-14-10(7)5-11-8-2-3-9(4-8)13-11/h6,8-9,11,13H,2-5H2,1H3,(H,12,14). The number of nitrogens with one attached hydrogen (secondary N) is 2. The van der Waals surface area contributed by atoms with Crippen LogP contribution in [0.3, 0.4) is 0 Å². The second kappa shape index (κ2) is 3.09. The van der Waals surface area contributed by atoms with Gasteiger partial charge in [0.2, 0.25) is 0 Å². The average molecular weight is 191 g/mol. The van der Waals surface area contributed by atoms with E-state index in [2.05, 4.69) is 22.4 Å². The van der Waals surface area contributed by atoms with Crippen LogP contribution in [0.2, 0.25) is 0 Å². The molecule has 0 amide bonds. The SMILES string of the molecule is Cc1cn[nH]c1CC1NC2CCC1C2. The molecule has 0 aromatic carbocycles. The number of piperidine rings is 1.